The van der Waals surface area contributed by atoms with Crippen molar-refractivity contribution in [3.05, 3.63) is 42.0 Å². The summed E-state index contributed by atoms with van der Waals surface area (Å²) < 4.78 is 0. The second kappa shape index (κ2) is 8.30. The van der Waals surface area contributed by atoms with Crippen molar-refractivity contribution in [3.63, 3.8) is 0 Å². The highest BCUT2D eigenvalue weighted by Gasteiger charge is 2.26. The lowest BCUT2D eigenvalue weighted by molar-refractivity contribution is -0.136. The topological polar surface area (TPSA) is 49.3 Å². The van der Waals surface area contributed by atoms with Crippen LogP contribution in [-0.2, 0) is 4.79 Å². The predicted octanol–water partition coefficient (Wildman–Crippen LogP) is 3.54. The quantitative estimate of drug-likeness (QED) is 0.826. The van der Waals surface area contributed by atoms with E-state index in [0.29, 0.717) is 5.91 Å². The third kappa shape index (κ3) is 3.87. The number of amides is 1. The summed E-state index contributed by atoms with van der Waals surface area (Å²) in [6.07, 6.45) is 1.84. The van der Waals surface area contributed by atoms with Gasteiger partial charge in [-0.15, -0.1) is 10.2 Å². The molecule has 26 heavy (non-hydrogen) atoms. The standard InChI is InChI=1S/C21H28N4O/c1-4-17(5-2)21(26)25-14-12-24(13-15-25)20-11-10-19(22-23-20)18-9-7-6-8-16(18)3/h6-11,17H,4-5,12-15H2,1-3H3. The highest BCUT2D eigenvalue weighted by atomic mass is 16.2. The van der Waals surface area contributed by atoms with E-state index in [1.807, 2.05) is 29.2 Å². The van der Waals surface area contributed by atoms with Crippen LogP contribution in [0.5, 0.6) is 0 Å². The van der Waals surface area contributed by atoms with Gasteiger partial charge in [-0.25, -0.2) is 0 Å². The van der Waals surface area contributed by atoms with Gasteiger partial charge in [0.05, 0.1) is 5.69 Å². The van der Waals surface area contributed by atoms with Crippen LogP contribution in [0.3, 0.4) is 0 Å². The number of hydrogen-bond acceptors (Lipinski definition) is 4. The molecule has 1 saturated heterocycles. The van der Waals surface area contributed by atoms with Crippen molar-refractivity contribution in [1.29, 1.82) is 0 Å². The van der Waals surface area contributed by atoms with E-state index < -0.39 is 0 Å². The average molecular weight is 352 g/mol. The summed E-state index contributed by atoms with van der Waals surface area (Å²) in [4.78, 5) is 16.7. The molecule has 3 rings (SSSR count). The highest BCUT2D eigenvalue weighted by Crippen LogP contribution is 2.22. The summed E-state index contributed by atoms with van der Waals surface area (Å²) in [7, 11) is 0. The van der Waals surface area contributed by atoms with E-state index in [-0.39, 0.29) is 5.92 Å². The highest BCUT2D eigenvalue weighted by molar-refractivity contribution is 5.79. The number of anilines is 1. The average Bonchev–Trinajstić information content (AvgIpc) is 2.69. The van der Waals surface area contributed by atoms with Gasteiger partial charge in [-0.3, -0.25) is 4.79 Å². The smallest absolute Gasteiger partial charge is 0.225 e. The number of hydrogen-bond donors (Lipinski definition) is 0. The number of nitrogens with zero attached hydrogens (tertiary/aromatic N) is 4. The van der Waals surface area contributed by atoms with E-state index in [4.69, 9.17) is 0 Å². The maximum atomic E-state index is 12.5. The molecule has 0 radical (unpaired) electrons. The molecule has 0 unspecified atom stereocenters. The molecule has 0 aliphatic carbocycles. The third-order valence-electron chi connectivity index (χ3n) is 5.32. The Bertz CT molecular complexity index is 732. The van der Waals surface area contributed by atoms with Crippen LogP contribution in [0.4, 0.5) is 5.82 Å². The Morgan fingerprint density at radius 1 is 1.00 bits per heavy atom. The molecule has 2 heterocycles. The number of carbonyl (C=O) groups excluding carboxylic acids is 1. The van der Waals surface area contributed by atoms with E-state index in [0.717, 1.165) is 56.1 Å². The molecule has 1 aromatic heterocycles. The number of benzene rings is 1. The van der Waals surface area contributed by atoms with E-state index in [1.165, 1.54) is 5.56 Å². The molecule has 2 aromatic rings. The summed E-state index contributed by atoms with van der Waals surface area (Å²) in [6, 6.07) is 12.3. The number of piperazine rings is 1. The Balaban J connectivity index is 1.63. The zero-order chi connectivity index (χ0) is 18.5. The molecule has 0 N–H and O–H groups in total. The fraction of sp³-hybridized carbons (Fsp3) is 0.476. The van der Waals surface area contributed by atoms with Gasteiger partial charge in [-0.1, -0.05) is 38.1 Å². The minimum absolute atomic E-state index is 0.162. The van der Waals surface area contributed by atoms with Gasteiger partial charge in [-0.05, 0) is 37.5 Å². The molecule has 1 aromatic carbocycles. The van der Waals surface area contributed by atoms with Crippen LogP contribution in [0.1, 0.15) is 32.3 Å². The fourth-order valence-corrected chi connectivity index (χ4v) is 3.55. The third-order valence-corrected chi connectivity index (χ3v) is 5.32. The maximum Gasteiger partial charge on any atom is 0.225 e. The molecule has 1 aliphatic rings. The molecule has 0 saturated carbocycles. The summed E-state index contributed by atoms with van der Waals surface area (Å²) in [5, 5.41) is 8.85. The van der Waals surface area contributed by atoms with Gasteiger partial charge < -0.3 is 9.80 Å². The van der Waals surface area contributed by atoms with Crippen molar-refractivity contribution >= 4 is 11.7 Å². The van der Waals surface area contributed by atoms with E-state index >= 15 is 0 Å². The van der Waals surface area contributed by atoms with Gasteiger partial charge in [-0.2, -0.15) is 0 Å². The Hall–Kier alpha value is -2.43. The number of aromatic nitrogens is 2. The van der Waals surface area contributed by atoms with Crippen LogP contribution < -0.4 is 4.90 Å². The fourth-order valence-electron chi connectivity index (χ4n) is 3.55. The molecule has 0 atom stereocenters. The first-order chi connectivity index (χ1) is 12.6. The van der Waals surface area contributed by atoms with Crippen molar-refractivity contribution in [2.75, 3.05) is 31.1 Å². The maximum absolute atomic E-state index is 12.5. The van der Waals surface area contributed by atoms with Crippen LogP contribution in [0.25, 0.3) is 11.3 Å². The molecule has 0 spiro atoms. The second-order valence-electron chi connectivity index (χ2n) is 6.92. The normalized spacial score (nSPS) is 14.8. The number of aryl methyl sites for hydroxylation is 1. The van der Waals surface area contributed by atoms with Crippen LogP contribution in [0.15, 0.2) is 36.4 Å². The van der Waals surface area contributed by atoms with Gasteiger partial charge in [0.15, 0.2) is 5.82 Å². The number of rotatable bonds is 5. The summed E-state index contributed by atoms with van der Waals surface area (Å²) in [6.45, 7) is 9.41. The summed E-state index contributed by atoms with van der Waals surface area (Å²) in [5.74, 6) is 1.35. The van der Waals surface area contributed by atoms with Gasteiger partial charge in [0, 0.05) is 37.7 Å². The molecule has 1 amide bonds. The molecule has 1 aliphatic heterocycles. The Kier molecular flexibility index (Phi) is 5.86. The first kappa shape index (κ1) is 18.4. The predicted molar refractivity (Wildman–Crippen MR) is 105 cm³/mol. The molecule has 5 heteroatoms. The van der Waals surface area contributed by atoms with Crippen LogP contribution in [0.2, 0.25) is 0 Å². The lowest BCUT2D eigenvalue weighted by Crippen LogP contribution is -2.50. The number of carbonyl (C=O) groups is 1. The van der Waals surface area contributed by atoms with E-state index in [1.54, 1.807) is 0 Å². The first-order valence-corrected chi connectivity index (χ1v) is 9.57. The summed E-state index contributed by atoms with van der Waals surface area (Å²) in [5.41, 5.74) is 3.21. The van der Waals surface area contributed by atoms with Crippen molar-refractivity contribution in [1.82, 2.24) is 15.1 Å². The van der Waals surface area contributed by atoms with Crippen LogP contribution in [0, 0.1) is 12.8 Å². The molecule has 0 bridgehead atoms. The van der Waals surface area contributed by atoms with Gasteiger partial charge in [0.25, 0.3) is 0 Å². The van der Waals surface area contributed by atoms with Gasteiger partial charge in [0.1, 0.15) is 0 Å². The van der Waals surface area contributed by atoms with Crippen molar-refractivity contribution < 1.29 is 4.79 Å². The van der Waals surface area contributed by atoms with Crippen LogP contribution >= 0.6 is 0 Å². The van der Waals surface area contributed by atoms with Crippen molar-refractivity contribution in [2.24, 2.45) is 5.92 Å². The lowest BCUT2D eigenvalue weighted by Gasteiger charge is -2.36. The zero-order valence-corrected chi connectivity index (χ0v) is 16.0. The van der Waals surface area contributed by atoms with Crippen LogP contribution in [-0.4, -0.2) is 47.2 Å². The monoisotopic (exact) mass is 352 g/mol. The Morgan fingerprint density at radius 3 is 2.27 bits per heavy atom. The molecule has 5 nitrogen and oxygen atoms in total. The van der Waals surface area contributed by atoms with E-state index in [2.05, 4.69) is 48.0 Å². The Labute approximate surface area is 156 Å². The van der Waals surface area contributed by atoms with Gasteiger partial charge >= 0.3 is 0 Å². The van der Waals surface area contributed by atoms with Gasteiger partial charge in [0.2, 0.25) is 5.91 Å². The SMILES string of the molecule is CCC(CC)C(=O)N1CCN(c2ccc(-c3ccccc3C)nn2)CC1. The molecule has 138 valence electrons. The summed E-state index contributed by atoms with van der Waals surface area (Å²) >= 11 is 0. The minimum Gasteiger partial charge on any atom is -0.352 e. The zero-order valence-electron chi connectivity index (χ0n) is 16.0. The van der Waals surface area contributed by atoms with Crippen molar-refractivity contribution in [3.8, 4) is 11.3 Å². The van der Waals surface area contributed by atoms with Crippen molar-refractivity contribution in [2.45, 2.75) is 33.6 Å². The Morgan fingerprint density at radius 2 is 1.69 bits per heavy atom. The largest absolute Gasteiger partial charge is 0.352 e. The van der Waals surface area contributed by atoms with E-state index in [9.17, 15) is 4.79 Å². The second-order valence-corrected chi connectivity index (χ2v) is 6.92. The molecular formula is C21H28N4O. The molecular weight excluding hydrogens is 324 g/mol. The first-order valence-electron chi connectivity index (χ1n) is 9.57. The lowest BCUT2D eigenvalue weighted by atomic mass is 10.0. The minimum atomic E-state index is 0.162. The molecule has 1 fully saturated rings.